The monoisotopic (exact) mass is 233 g/mol. The lowest BCUT2D eigenvalue weighted by atomic mass is 9.95. The maximum Gasteiger partial charge on any atom is 0.0975 e. The van der Waals surface area contributed by atoms with Gasteiger partial charge in [0.05, 0.1) is 12.7 Å². The smallest absolute Gasteiger partial charge is 0.0975 e. The third kappa shape index (κ3) is 3.08. The van der Waals surface area contributed by atoms with Gasteiger partial charge in [-0.15, -0.1) is 0 Å². The van der Waals surface area contributed by atoms with E-state index in [-0.39, 0.29) is 11.5 Å². The fourth-order valence-corrected chi connectivity index (χ4v) is 2.20. The quantitative estimate of drug-likeness (QED) is 0.805. The Labute approximate surface area is 104 Å². The van der Waals surface area contributed by atoms with Crippen molar-refractivity contribution in [3.8, 4) is 0 Å². The van der Waals surface area contributed by atoms with Crippen LogP contribution < -0.4 is 5.32 Å². The predicted octanol–water partition coefficient (Wildman–Crippen LogP) is 3.07. The first kappa shape index (κ1) is 12.6. The average molecular weight is 233 g/mol. The molecule has 1 aromatic rings. The first-order valence-electron chi connectivity index (χ1n) is 6.39. The summed E-state index contributed by atoms with van der Waals surface area (Å²) in [7, 11) is 0. The molecule has 0 aliphatic carbocycles. The van der Waals surface area contributed by atoms with E-state index in [2.05, 4.69) is 57.3 Å². The van der Waals surface area contributed by atoms with Crippen molar-refractivity contribution in [3.05, 3.63) is 35.4 Å². The lowest BCUT2D eigenvalue weighted by Crippen LogP contribution is -2.35. The highest BCUT2D eigenvalue weighted by atomic mass is 16.5. The molecular weight excluding hydrogens is 210 g/mol. The summed E-state index contributed by atoms with van der Waals surface area (Å²) in [4.78, 5) is 0. The predicted molar refractivity (Wildman–Crippen MR) is 71.1 cm³/mol. The lowest BCUT2D eigenvalue weighted by molar-refractivity contribution is 0.0126. The molecule has 2 rings (SSSR count). The van der Waals surface area contributed by atoms with E-state index < -0.39 is 0 Å². The molecule has 1 fully saturated rings. The molecule has 0 aromatic heterocycles. The molecule has 1 N–H and O–H groups in total. The van der Waals surface area contributed by atoms with Crippen molar-refractivity contribution in [2.75, 3.05) is 13.2 Å². The molecule has 2 heteroatoms. The summed E-state index contributed by atoms with van der Waals surface area (Å²) >= 11 is 0. The van der Waals surface area contributed by atoms with E-state index >= 15 is 0 Å². The van der Waals surface area contributed by atoms with Gasteiger partial charge in [-0.25, -0.2) is 0 Å². The van der Waals surface area contributed by atoms with Crippen LogP contribution in [0.4, 0.5) is 0 Å². The van der Waals surface area contributed by atoms with Crippen molar-refractivity contribution in [1.82, 2.24) is 5.32 Å². The molecule has 2 unspecified atom stereocenters. The highest BCUT2D eigenvalue weighted by Gasteiger charge is 2.29. The third-order valence-corrected chi connectivity index (χ3v) is 3.42. The fourth-order valence-electron chi connectivity index (χ4n) is 2.20. The van der Waals surface area contributed by atoms with Gasteiger partial charge in [-0.05, 0) is 19.4 Å². The van der Waals surface area contributed by atoms with E-state index in [4.69, 9.17) is 4.74 Å². The second kappa shape index (κ2) is 4.79. The first-order valence-corrected chi connectivity index (χ1v) is 6.39. The van der Waals surface area contributed by atoms with E-state index in [1.54, 1.807) is 0 Å². The van der Waals surface area contributed by atoms with Gasteiger partial charge in [0.1, 0.15) is 0 Å². The number of aryl methyl sites for hydroxylation is 1. The van der Waals surface area contributed by atoms with Gasteiger partial charge in [-0.3, -0.25) is 0 Å². The highest BCUT2D eigenvalue weighted by Crippen LogP contribution is 2.28. The lowest BCUT2D eigenvalue weighted by Gasteiger charge is -2.23. The minimum absolute atomic E-state index is 0.164. The Bertz CT molecular complexity index is 369. The Kier molecular flexibility index (Phi) is 3.55. The molecule has 1 aromatic carbocycles. The maximum absolute atomic E-state index is 6.09. The van der Waals surface area contributed by atoms with Crippen LogP contribution in [0.15, 0.2) is 24.3 Å². The second-order valence-electron chi connectivity index (χ2n) is 5.98. The summed E-state index contributed by atoms with van der Waals surface area (Å²) in [5.74, 6) is 0. The van der Waals surface area contributed by atoms with Crippen molar-refractivity contribution in [2.45, 2.75) is 39.8 Å². The van der Waals surface area contributed by atoms with Crippen LogP contribution in [0.3, 0.4) is 0 Å². The fraction of sp³-hybridized carbons (Fsp3) is 0.600. The minimum Gasteiger partial charge on any atom is -0.371 e. The number of hydrogen-bond acceptors (Lipinski definition) is 2. The van der Waals surface area contributed by atoms with Gasteiger partial charge in [0, 0.05) is 18.0 Å². The van der Waals surface area contributed by atoms with Crippen LogP contribution in [-0.4, -0.2) is 19.2 Å². The number of ether oxygens (including phenoxy) is 1. The molecule has 1 saturated heterocycles. The van der Waals surface area contributed by atoms with Crippen molar-refractivity contribution in [3.63, 3.8) is 0 Å². The number of benzene rings is 1. The first-order chi connectivity index (χ1) is 7.98. The Hall–Kier alpha value is -0.860. The van der Waals surface area contributed by atoms with Gasteiger partial charge in [0.2, 0.25) is 0 Å². The summed E-state index contributed by atoms with van der Waals surface area (Å²) in [5.41, 5.74) is 2.78. The summed E-state index contributed by atoms with van der Waals surface area (Å²) < 4.78 is 6.09. The van der Waals surface area contributed by atoms with Crippen molar-refractivity contribution in [1.29, 1.82) is 0 Å². The molecule has 1 aliphatic rings. The standard InChI is InChI=1S/C15H23NO/c1-11-5-7-13(8-6-11)14-12(2)16-9-15(3,4)10-17-14/h5-8,12,14,16H,9-10H2,1-4H3. The average Bonchev–Trinajstić information content (AvgIpc) is 2.41. The summed E-state index contributed by atoms with van der Waals surface area (Å²) in [6, 6.07) is 9.02. The number of rotatable bonds is 1. The van der Waals surface area contributed by atoms with E-state index in [0.29, 0.717) is 6.04 Å². The Morgan fingerprint density at radius 1 is 1.24 bits per heavy atom. The summed E-state index contributed by atoms with van der Waals surface area (Å²) in [5, 5.41) is 3.57. The molecule has 0 amide bonds. The molecule has 0 spiro atoms. The Balaban J connectivity index is 2.17. The van der Waals surface area contributed by atoms with Crippen LogP contribution in [-0.2, 0) is 4.74 Å². The maximum atomic E-state index is 6.09. The van der Waals surface area contributed by atoms with Gasteiger partial charge in [-0.2, -0.15) is 0 Å². The van der Waals surface area contributed by atoms with E-state index in [0.717, 1.165) is 13.2 Å². The molecule has 1 heterocycles. The summed E-state index contributed by atoms with van der Waals surface area (Å²) in [6.07, 6.45) is 0.164. The Morgan fingerprint density at radius 3 is 2.53 bits per heavy atom. The zero-order valence-corrected chi connectivity index (χ0v) is 11.3. The van der Waals surface area contributed by atoms with Crippen LogP contribution >= 0.6 is 0 Å². The molecule has 2 atom stereocenters. The molecule has 1 aliphatic heterocycles. The van der Waals surface area contributed by atoms with Crippen molar-refractivity contribution >= 4 is 0 Å². The zero-order valence-electron chi connectivity index (χ0n) is 11.3. The van der Waals surface area contributed by atoms with Crippen LogP contribution in [0.5, 0.6) is 0 Å². The molecule has 94 valence electrons. The largest absolute Gasteiger partial charge is 0.371 e. The number of hydrogen-bond donors (Lipinski definition) is 1. The second-order valence-corrected chi connectivity index (χ2v) is 5.98. The van der Waals surface area contributed by atoms with Gasteiger partial charge in [-0.1, -0.05) is 43.7 Å². The van der Waals surface area contributed by atoms with Gasteiger partial charge in [0.15, 0.2) is 0 Å². The van der Waals surface area contributed by atoms with Crippen LogP contribution in [0.1, 0.15) is 38.0 Å². The third-order valence-electron chi connectivity index (χ3n) is 3.42. The zero-order chi connectivity index (χ0) is 12.5. The summed E-state index contributed by atoms with van der Waals surface area (Å²) in [6.45, 7) is 10.6. The molecule has 0 bridgehead atoms. The van der Waals surface area contributed by atoms with Gasteiger partial charge < -0.3 is 10.1 Å². The molecule has 0 radical (unpaired) electrons. The van der Waals surface area contributed by atoms with Crippen molar-refractivity contribution in [2.24, 2.45) is 5.41 Å². The topological polar surface area (TPSA) is 21.3 Å². The normalized spacial score (nSPS) is 28.7. The van der Waals surface area contributed by atoms with Crippen molar-refractivity contribution < 1.29 is 4.74 Å². The van der Waals surface area contributed by atoms with Gasteiger partial charge in [0.25, 0.3) is 0 Å². The van der Waals surface area contributed by atoms with E-state index in [1.807, 2.05) is 0 Å². The van der Waals surface area contributed by atoms with Crippen LogP contribution in [0.25, 0.3) is 0 Å². The van der Waals surface area contributed by atoms with E-state index in [9.17, 15) is 0 Å². The Morgan fingerprint density at radius 2 is 1.88 bits per heavy atom. The molecule has 0 saturated carbocycles. The molecular formula is C15H23NO. The van der Waals surface area contributed by atoms with Crippen LogP contribution in [0.2, 0.25) is 0 Å². The van der Waals surface area contributed by atoms with E-state index in [1.165, 1.54) is 11.1 Å². The van der Waals surface area contributed by atoms with Crippen LogP contribution in [0, 0.1) is 12.3 Å². The molecule has 17 heavy (non-hydrogen) atoms. The molecule has 2 nitrogen and oxygen atoms in total. The minimum atomic E-state index is 0.164. The number of nitrogens with one attached hydrogen (secondary N) is 1. The highest BCUT2D eigenvalue weighted by molar-refractivity contribution is 5.24. The van der Waals surface area contributed by atoms with Gasteiger partial charge >= 0.3 is 0 Å². The SMILES string of the molecule is Cc1ccc(C2OCC(C)(C)CNC2C)cc1.